The Balaban J connectivity index is 1.85. The summed E-state index contributed by atoms with van der Waals surface area (Å²) in [6.45, 7) is 5.00. The van der Waals surface area contributed by atoms with E-state index in [1.165, 1.54) is 0 Å². The zero-order valence-electron chi connectivity index (χ0n) is 12.7. The maximum Gasteiger partial charge on any atom is 0.255 e. The van der Waals surface area contributed by atoms with Crippen LogP contribution in [0.1, 0.15) is 36.7 Å². The lowest BCUT2D eigenvalue weighted by atomic mass is 10.1. The largest absolute Gasteiger partial charge is 0.369 e. The maximum absolute atomic E-state index is 12.5. The molecular weight excluding hydrogens is 282 g/mol. The van der Waals surface area contributed by atoms with Crippen LogP contribution in [-0.2, 0) is 4.79 Å². The third kappa shape index (κ3) is 2.43. The summed E-state index contributed by atoms with van der Waals surface area (Å²) >= 11 is 0. The van der Waals surface area contributed by atoms with E-state index in [9.17, 15) is 9.59 Å². The SMILES string of the molecule is CC(C)n1ncc2cc(C(=O)N3CC[C@H](C(N)=O)C3)cnc21. The Morgan fingerprint density at radius 1 is 1.36 bits per heavy atom. The van der Waals surface area contributed by atoms with E-state index < -0.39 is 0 Å². The van der Waals surface area contributed by atoms with Crippen LogP contribution in [0, 0.1) is 5.92 Å². The summed E-state index contributed by atoms with van der Waals surface area (Å²) in [6, 6.07) is 2.01. The Kier molecular flexibility index (Phi) is 3.56. The van der Waals surface area contributed by atoms with E-state index in [0.29, 0.717) is 25.1 Å². The van der Waals surface area contributed by atoms with Gasteiger partial charge in [0.2, 0.25) is 5.91 Å². The fourth-order valence-corrected chi connectivity index (χ4v) is 2.79. The molecule has 1 aliphatic rings. The lowest BCUT2D eigenvalue weighted by Crippen LogP contribution is -2.31. The van der Waals surface area contributed by atoms with E-state index in [2.05, 4.69) is 10.1 Å². The van der Waals surface area contributed by atoms with Crippen LogP contribution in [0.3, 0.4) is 0 Å². The Hall–Kier alpha value is -2.44. The number of pyridine rings is 1. The highest BCUT2D eigenvalue weighted by Gasteiger charge is 2.30. The molecular formula is C15H19N5O2. The number of fused-ring (bicyclic) bond motifs is 1. The number of nitrogens with zero attached hydrogens (tertiary/aromatic N) is 4. The normalized spacial score (nSPS) is 18.3. The van der Waals surface area contributed by atoms with Crippen LogP contribution in [0.2, 0.25) is 0 Å². The third-order valence-electron chi connectivity index (χ3n) is 4.05. The lowest BCUT2D eigenvalue weighted by molar-refractivity contribution is -0.121. The highest BCUT2D eigenvalue weighted by Crippen LogP contribution is 2.21. The first-order valence-corrected chi connectivity index (χ1v) is 7.39. The smallest absolute Gasteiger partial charge is 0.255 e. The molecule has 2 N–H and O–H groups in total. The summed E-state index contributed by atoms with van der Waals surface area (Å²) in [4.78, 5) is 29.7. The number of hydrogen-bond donors (Lipinski definition) is 1. The minimum Gasteiger partial charge on any atom is -0.369 e. The van der Waals surface area contributed by atoms with E-state index in [4.69, 9.17) is 5.73 Å². The number of hydrogen-bond acceptors (Lipinski definition) is 4. The van der Waals surface area contributed by atoms with Crippen molar-refractivity contribution in [2.75, 3.05) is 13.1 Å². The van der Waals surface area contributed by atoms with Gasteiger partial charge in [-0.1, -0.05) is 0 Å². The predicted molar refractivity (Wildman–Crippen MR) is 81.1 cm³/mol. The lowest BCUT2D eigenvalue weighted by Gasteiger charge is -2.15. The fraction of sp³-hybridized carbons (Fsp3) is 0.467. The molecule has 0 saturated carbocycles. The number of aromatic nitrogens is 3. The molecule has 0 unspecified atom stereocenters. The van der Waals surface area contributed by atoms with Crippen LogP contribution in [0.15, 0.2) is 18.5 Å². The van der Waals surface area contributed by atoms with Crippen LogP contribution in [-0.4, -0.2) is 44.6 Å². The number of nitrogens with two attached hydrogens (primary N) is 1. The Morgan fingerprint density at radius 3 is 2.77 bits per heavy atom. The first-order chi connectivity index (χ1) is 10.5. The highest BCUT2D eigenvalue weighted by molar-refractivity contribution is 5.97. The number of amides is 2. The molecule has 1 aliphatic heterocycles. The zero-order chi connectivity index (χ0) is 15.9. The molecule has 7 heteroatoms. The molecule has 0 spiro atoms. The monoisotopic (exact) mass is 301 g/mol. The van der Waals surface area contributed by atoms with Crippen molar-refractivity contribution in [3.63, 3.8) is 0 Å². The average molecular weight is 301 g/mol. The molecule has 0 aromatic carbocycles. The standard InChI is InChI=1S/C15H19N5O2/c1-9(2)20-14-11(7-18-20)5-12(6-17-14)15(22)19-4-3-10(8-19)13(16)21/h5-7,9-10H,3-4,8H2,1-2H3,(H2,16,21)/t10-/m0/s1. The minimum atomic E-state index is -0.345. The van der Waals surface area contributed by atoms with Gasteiger partial charge in [0, 0.05) is 30.7 Å². The van der Waals surface area contributed by atoms with Gasteiger partial charge in [0.05, 0.1) is 17.7 Å². The molecule has 1 saturated heterocycles. The second-order valence-corrected chi connectivity index (χ2v) is 5.96. The van der Waals surface area contributed by atoms with Crippen molar-refractivity contribution in [2.45, 2.75) is 26.3 Å². The van der Waals surface area contributed by atoms with Crippen LogP contribution >= 0.6 is 0 Å². The van der Waals surface area contributed by atoms with E-state index in [1.807, 2.05) is 18.5 Å². The van der Waals surface area contributed by atoms with E-state index in [0.717, 1.165) is 11.0 Å². The average Bonchev–Trinajstić information content (AvgIpc) is 3.12. The number of rotatable bonds is 3. The number of carbonyl (C=O) groups excluding carboxylic acids is 2. The predicted octanol–water partition coefficient (Wildman–Crippen LogP) is 0.960. The van der Waals surface area contributed by atoms with Crippen molar-refractivity contribution >= 4 is 22.8 Å². The molecule has 0 aliphatic carbocycles. The maximum atomic E-state index is 12.5. The van der Waals surface area contributed by atoms with Crippen molar-refractivity contribution in [2.24, 2.45) is 11.7 Å². The van der Waals surface area contributed by atoms with Gasteiger partial charge in [0.25, 0.3) is 5.91 Å². The van der Waals surface area contributed by atoms with Gasteiger partial charge in [-0.15, -0.1) is 0 Å². The van der Waals surface area contributed by atoms with Gasteiger partial charge in [-0.05, 0) is 26.3 Å². The second-order valence-electron chi connectivity index (χ2n) is 5.96. The quantitative estimate of drug-likeness (QED) is 0.913. The van der Waals surface area contributed by atoms with Crippen molar-refractivity contribution in [3.05, 3.63) is 24.0 Å². The molecule has 3 rings (SSSR count). The Bertz CT molecular complexity index is 737. The number of likely N-dealkylation sites (tertiary alicyclic amines) is 1. The first kappa shape index (κ1) is 14.5. The molecule has 7 nitrogen and oxygen atoms in total. The van der Waals surface area contributed by atoms with E-state index in [1.54, 1.807) is 23.4 Å². The molecule has 116 valence electrons. The van der Waals surface area contributed by atoms with Crippen LogP contribution in [0.5, 0.6) is 0 Å². The molecule has 2 amide bonds. The molecule has 3 heterocycles. The van der Waals surface area contributed by atoms with Crippen molar-refractivity contribution < 1.29 is 9.59 Å². The van der Waals surface area contributed by atoms with Crippen molar-refractivity contribution in [3.8, 4) is 0 Å². The van der Waals surface area contributed by atoms with Gasteiger partial charge in [0.15, 0.2) is 5.65 Å². The van der Waals surface area contributed by atoms with Gasteiger partial charge in [-0.3, -0.25) is 9.59 Å². The van der Waals surface area contributed by atoms with E-state index in [-0.39, 0.29) is 23.8 Å². The third-order valence-corrected chi connectivity index (χ3v) is 4.05. The summed E-state index contributed by atoms with van der Waals surface area (Å²) in [5.74, 6) is -0.707. The van der Waals surface area contributed by atoms with Crippen LogP contribution in [0.4, 0.5) is 0 Å². The van der Waals surface area contributed by atoms with Gasteiger partial charge in [-0.25, -0.2) is 9.67 Å². The summed E-state index contributed by atoms with van der Waals surface area (Å²) < 4.78 is 1.82. The summed E-state index contributed by atoms with van der Waals surface area (Å²) in [6.07, 6.45) is 3.92. The highest BCUT2D eigenvalue weighted by atomic mass is 16.2. The number of carbonyl (C=O) groups is 2. The first-order valence-electron chi connectivity index (χ1n) is 7.39. The number of primary amides is 1. The Labute approximate surface area is 128 Å². The van der Waals surface area contributed by atoms with Crippen LogP contribution in [0.25, 0.3) is 11.0 Å². The fourth-order valence-electron chi connectivity index (χ4n) is 2.79. The molecule has 1 fully saturated rings. The Morgan fingerprint density at radius 2 is 2.14 bits per heavy atom. The summed E-state index contributed by atoms with van der Waals surface area (Å²) in [5, 5.41) is 5.13. The minimum absolute atomic E-state index is 0.115. The zero-order valence-corrected chi connectivity index (χ0v) is 12.7. The molecule has 0 bridgehead atoms. The van der Waals surface area contributed by atoms with Crippen molar-refractivity contribution in [1.82, 2.24) is 19.7 Å². The molecule has 2 aromatic heterocycles. The summed E-state index contributed by atoms with van der Waals surface area (Å²) in [5.41, 5.74) is 6.59. The van der Waals surface area contributed by atoms with Gasteiger partial charge >= 0.3 is 0 Å². The molecule has 2 aromatic rings. The summed E-state index contributed by atoms with van der Waals surface area (Å²) in [7, 11) is 0. The molecule has 0 radical (unpaired) electrons. The molecule has 1 atom stereocenters. The van der Waals surface area contributed by atoms with Gasteiger partial charge in [-0.2, -0.15) is 5.10 Å². The van der Waals surface area contributed by atoms with Gasteiger partial charge in [0.1, 0.15) is 0 Å². The van der Waals surface area contributed by atoms with Crippen LogP contribution < -0.4 is 5.73 Å². The molecule has 22 heavy (non-hydrogen) atoms. The van der Waals surface area contributed by atoms with Crippen molar-refractivity contribution in [1.29, 1.82) is 0 Å². The van der Waals surface area contributed by atoms with Gasteiger partial charge < -0.3 is 10.6 Å². The topological polar surface area (TPSA) is 94.1 Å². The van der Waals surface area contributed by atoms with E-state index >= 15 is 0 Å². The second kappa shape index (κ2) is 5.40.